The normalized spacial score (nSPS) is 24.1. The molecule has 4 heteroatoms. The topological polar surface area (TPSA) is 40.6 Å². The maximum Gasteiger partial charge on any atom is 0.236 e. The lowest BCUT2D eigenvalue weighted by Crippen LogP contribution is -2.50. The molecule has 96 valence electrons. The molecule has 4 nitrogen and oxygen atoms in total. The van der Waals surface area contributed by atoms with E-state index in [2.05, 4.69) is 0 Å². The third-order valence-corrected chi connectivity index (χ3v) is 3.98. The van der Waals surface area contributed by atoms with Gasteiger partial charge >= 0.3 is 0 Å². The van der Waals surface area contributed by atoms with Gasteiger partial charge in [0.15, 0.2) is 0 Å². The van der Waals surface area contributed by atoms with Crippen molar-refractivity contribution in [3.8, 4) is 0 Å². The van der Waals surface area contributed by atoms with Gasteiger partial charge < -0.3 is 4.90 Å². The first-order valence-electron chi connectivity index (χ1n) is 6.66. The molecule has 0 atom stereocenters. The monoisotopic (exact) mass is 238 g/mol. The highest BCUT2D eigenvalue weighted by atomic mass is 16.2. The Morgan fingerprint density at radius 3 is 2.59 bits per heavy atom. The van der Waals surface area contributed by atoms with Gasteiger partial charge in [0.1, 0.15) is 5.78 Å². The van der Waals surface area contributed by atoms with Crippen LogP contribution in [0.3, 0.4) is 0 Å². The highest BCUT2D eigenvalue weighted by molar-refractivity contribution is 5.84. The molecule has 1 saturated heterocycles. The van der Waals surface area contributed by atoms with E-state index in [1.54, 1.807) is 4.90 Å². The molecule has 2 rings (SSSR count). The molecule has 1 saturated carbocycles. The molecular weight excluding hydrogens is 216 g/mol. The van der Waals surface area contributed by atoms with Crippen LogP contribution in [0.15, 0.2) is 0 Å². The summed E-state index contributed by atoms with van der Waals surface area (Å²) in [6.45, 7) is 2.47. The standard InChI is InChI=1S/C13H22N2O2/c1-14-7-8-15(10-13(14)17)9-12(16)11-5-3-2-4-6-11/h11H,2-10H2,1H3. The molecule has 0 aromatic heterocycles. The van der Waals surface area contributed by atoms with E-state index in [0.717, 1.165) is 25.9 Å². The number of amides is 1. The number of rotatable bonds is 3. The Morgan fingerprint density at radius 2 is 1.94 bits per heavy atom. The number of carbonyl (C=O) groups is 2. The molecule has 0 aromatic carbocycles. The number of piperazine rings is 1. The Hall–Kier alpha value is -0.900. The molecule has 1 heterocycles. The van der Waals surface area contributed by atoms with Crippen LogP contribution in [0.4, 0.5) is 0 Å². The number of nitrogens with zero attached hydrogens (tertiary/aromatic N) is 2. The van der Waals surface area contributed by atoms with Crippen LogP contribution >= 0.6 is 0 Å². The molecule has 0 radical (unpaired) electrons. The van der Waals surface area contributed by atoms with Crippen LogP contribution in [-0.4, -0.2) is 54.7 Å². The van der Waals surface area contributed by atoms with Crippen molar-refractivity contribution < 1.29 is 9.59 Å². The van der Waals surface area contributed by atoms with E-state index in [1.165, 1.54) is 19.3 Å². The summed E-state index contributed by atoms with van der Waals surface area (Å²) >= 11 is 0. The first-order valence-corrected chi connectivity index (χ1v) is 6.66. The van der Waals surface area contributed by atoms with Crippen LogP contribution in [0.25, 0.3) is 0 Å². The number of hydrogen-bond acceptors (Lipinski definition) is 3. The van der Waals surface area contributed by atoms with E-state index in [0.29, 0.717) is 18.9 Å². The molecular formula is C13H22N2O2. The second kappa shape index (κ2) is 5.63. The van der Waals surface area contributed by atoms with E-state index in [9.17, 15) is 9.59 Å². The largest absolute Gasteiger partial charge is 0.343 e. The average molecular weight is 238 g/mol. The van der Waals surface area contributed by atoms with Gasteiger partial charge in [-0.25, -0.2) is 0 Å². The minimum absolute atomic E-state index is 0.132. The lowest BCUT2D eigenvalue weighted by atomic mass is 9.86. The van der Waals surface area contributed by atoms with Crippen LogP contribution in [-0.2, 0) is 9.59 Å². The maximum atomic E-state index is 12.1. The predicted octanol–water partition coefficient (Wildman–Crippen LogP) is 0.910. The minimum Gasteiger partial charge on any atom is -0.343 e. The van der Waals surface area contributed by atoms with Crippen molar-refractivity contribution in [2.75, 3.05) is 33.2 Å². The molecule has 0 N–H and O–H groups in total. The van der Waals surface area contributed by atoms with E-state index < -0.39 is 0 Å². The Bertz CT molecular complexity index is 298. The molecule has 1 amide bonds. The number of hydrogen-bond donors (Lipinski definition) is 0. The van der Waals surface area contributed by atoms with Gasteiger partial charge in [0.2, 0.25) is 5.91 Å². The van der Waals surface area contributed by atoms with Gasteiger partial charge in [-0.15, -0.1) is 0 Å². The predicted molar refractivity (Wildman–Crippen MR) is 65.7 cm³/mol. The van der Waals surface area contributed by atoms with Gasteiger partial charge in [0, 0.05) is 26.1 Å². The summed E-state index contributed by atoms with van der Waals surface area (Å²) in [5.74, 6) is 0.744. The van der Waals surface area contributed by atoms with Crippen molar-refractivity contribution in [1.29, 1.82) is 0 Å². The second-order valence-corrected chi connectivity index (χ2v) is 5.33. The number of Topliss-reactive ketones (excluding diaryl/α,β-unsaturated/α-hetero) is 1. The van der Waals surface area contributed by atoms with Crippen molar-refractivity contribution in [3.05, 3.63) is 0 Å². The molecule has 0 unspecified atom stereocenters. The van der Waals surface area contributed by atoms with Crippen LogP contribution in [0.2, 0.25) is 0 Å². The highest BCUT2D eigenvalue weighted by Gasteiger charge is 2.26. The fourth-order valence-corrected chi connectivity index (χ4v) is 2.72. The summed E-state index contributed by atoms with van der Waals surface area (Å²) in [6, 6.07) is 0. The Kier molecular flexibility index (Phi) is 4.15. The summed E-state index contributed by atoms with van der Waals surface area (Å²) in [7, 11) is 1.82. The number of carbonyl (C=O) groups excluding carboxylic acids is 2. The van der Waals surface area contributed by atoms with Gasteiger partial charge in [0.25, 0.3) is 0 Å². The zero-order valence-electron chi connectivity index (χ0n) is 10.7. The Labute approximate surface area is 103 Å². The van der Waals surface area contributed by atoms with Crippen molar-refractivity contribution in [3.63, 3.8) is 0 Å². The molecule has 2 aliphatic rings. The quantitative estimate of drug-likeness (QED) is 0.734. The first kappa shape index (κ1) is 12.6. The van der Waals surface area contributed by atoms with Gasteiger partial charge in [-0.2, -0.15) is 0 Å². The number of ketones is 1. The summed E-state index contributed by atoms with van der Waals surface area (Å²) in [5.41, 5.74) is 0. The summed E-state index contributed by atoms with van der Waals surface area (Å²) in [4.78, 5) is 27.4. The second-order valence-electron chi connectivity index (χ2n) is 5.33. The average Bonchev–Trinajstić information content (AvgIpc) is 2.35. The van der Waals surface area contributed by atoms with Crippen LogP contribution < -0.4 is 0 Å². The minimum atomic E-state index is 0.132. The summed E-state index contributed by atoms with van der Waals surface area (Å²) in [6.07, 6.45) is 5.77. The first-order chi connectivity index (χ1) is 8.16. The Balaban J connectivity index is 1.80. The van der Waals surface area contributed by atoms with E-state index in [1.807, 2.05) is 11.9 Å². The molecule has 17 heavy (non-hydrogen) atoms. The molecule has 0 bridgehead atoms. The third kappa shape index (κ3) is 3.28. The molecule has 0 spiro atoms. The number of likely N-dealkylation sites (N-methyl/N-ethyl adjacent to an activating group) is 1. The summed E-state index contributed by atoms with van der Waals surface area (Å²) in [5, 5.41) is 0. The zero-order valence-corrected chi connectivity index (χ0v) is 10.7. The van der Waals surface area contributed by atoms with Crippen LogP contribution in [0.5, 0.6) is 0 Å². The lowest BCUT2D eigenvalue weighted by Gasteiger charge is -2.32. The summed E-state index contributed by atoms with van der Waals surface area (Å²) < 4.78 is 0. The molecule has 0 aromatic rings. The fraction of sp³-hybridized carbons (Fsp3) is 0.846. The molecule has 1 aliphatic heterocycles. The maximum absolute atomic E-state index is 12.1. The zero-order chi connectivity index (χ0) is 12.3. The van der Waals surface area contributed by atoms with Crippen LogP contribution in [0, 0.1) is 5.92 Å². The van der Waals surface area contributed by atoms with Crippen molar-refractivity contribution in [2.24, 2.45) is 5.92 Å². The van der Waals surface area contributed by atoms with Crippen molar-refractivity contribution in [2.45, 2.75) is 32.1 Å². The lowest BCUT2D eigenvalue weighted by molar-refractivity contribution is -0.136. The van der Waals surface area contributed by atoms with Crippen LogP contribution in [0.1, 0.15) is 32.1 Å². The van der Waals surface area contributed by atoms with Gasteiger partial charge in [-0.1, -0.05) is 19.3 Å². The fourth-order valence-electron chi connectivity index (χ4n) is 2.72. The van der Waals surface area contributed by atoms with Crippen molar-refractivity contribution >= 4 is 11.7 Å². The van der Waals surface area contributed by atoms with E-state index >= 15 is 0 Å². The highest BCUT2D eigenvalue weighted by Crippen LogP contribution is 2.24. The van der Waals surface area contributed by atoms with Gasteiger partial charge in [0.05, 0.1) is 13.1 Å². The molecule has 2 fully saturated rings. The van der Waals surface area contributed by atoms with E-state index in [-0.39, 0.29) is 11.8 Å². The van der Waals surface area contributed by atoms with Gasteiger partial charge in [-0.3, -0.25) is 14.5 Å². The third-order valence-electron chi connectivity index (χ3n) is 3.98. The SMILES string of the molecule is CN1CCN(CC(=O)C2CCCCC2)CC1=O. The molecule has 1 aliphatic carbocycles. The Morgan fingerprint density at radius 1 is 1.24 bits per heavy atom. The van der Waals surface area contributed by atoms with Gasteiger partial charge in [-0.05, 0) is 12.8 Å². The van der Waals surface area contributed by atoms with Crippen molar-refractivity contribution in [1.82, 2.24) is 9.80 Å². The smallest absolute Gasteiger partial charge is 0.236 e. The van der Waals surface area contributed by atoms with E-state index in [4.69, 9.17) is 0 Å².